The summed E-state index contributed by atoms with van der Waals surface area (Å²) in [5, 5.41) is 4.35. The topological polar surface area (TPSA) is 67.1 Å². The summed E-state index contributed by atoms with van der Waals surface area (Å²) in [6.45, 7) is 6.26. The first kappa shape index (κ1) is 14.5. The molecule has 1 unspecified atom stereocenters. The van der Waals surface area contributed by atoms with Gasteiger partial charge in [0.05, 0.1) is 5.52 Å². The highest BCUT2D eigenvalue weighted by Crippen LogP contribution is 2.21. The molecule has 2 rings (SSSR count). The van der Waals surface area contributed by atoms with Crippen molar-refractivity contribution >= 4 is 22.4 Å². The van der Waals surface area contributed by atoms with Crippen molar-refractivity contribution in [2.24, 2.45) is 0 Å². The van der Waals surface area contributed by atoms with Crippen LogP contribution in [0.3, 0.4) is 0 Å². The van der Waals surface area contributed by atoms with Gasteiger partial charge < -0.3 is 16.0 Å². The Labute approximate surface area is 120 Å². The van der Waals surface area contributed by atoms with Gasteiger partial charge in [0.1, 0.15) is 12.1 Å². The fourth-order valence-corrected chi connectivity index (χ4v) is 2.10. The van der Waals surface area contributed by atoms with Gasteiger partial charge in [-0.1, -0.05) is 6.92 Å². The Morgan fingerprint density at radius 2 is 2.15 bits per heavy atom. The zero-order valence-electron chi connectivity index (χ0n) is 12.4. The van der Waals surface area contributed by atoms with E-state index < -0.39 is 0 Å². The van der Waals surface area contributed by atoms with Gasteiger partial charge in [-0.05, 0) is 38.6 Å². The first-order valence-corrected chi connectivity index (χ1v) is 7.06. The lowest BCUT2D eigenvalue weighted by Crippen LogP contribution is -2.32. The van der Waals surface area contributed by atoms with Crippen molar-refractivity contribution in [2.45, 2.75) is 26.3 Å². The van der Waals surface area contributed by atoms with Crippen LogP contribution in [0.4, 0.5) is 11.5 Å². The molecule has 0 aliphatic heterocycles. The third kappa shape index (κ3) is 3.36. The van der Waals surface area contributed by atoms with E-state index in [0.717, 1.165) is 41.9 Å². The molecule has 0 aliphatic rings. The summed E-state index contributed by atoms with van der Waals surface area (Å²) in [4.78, 5) is 10.9. The van der Waals surface area contributed by atoms with Gasteiger partial charge in [-0.2, -0.15) is 0 Å². The van der Waals surface area contributed by atoms with Crippen molar-refractivity contribution in [3.05, 3.63) is 24.5 Å². The number of hydrogen-bond donors (Lipinski definition) is 2. The molecule has 1 aromatic heterocycles. The standard InChI is InChI=1S/C15H23N5/c1-4-11(2)20(3)8-7-17-15-13-9-12(16)5-6-14(13)18-10-19-15/h5-6,9-11H,4,7-8,16H2,1-3H3,(H,17,18,19). The van der Waals surface area contributed by atoms with Crippen LogP contribution in [0.2, 0.25) is 0 Å². The maximum Gasteiger partial charge on any atom is 0.137 e. The second kappa shape index (κ2) is 6.52. The monoisotopic (exact) mass is 273 g/mol. The summed E-state index contributed by atoms with van der Waals surface area (Å²) in [6, 6.07) is 6.28. The number of likely N-dealkylation sites (N-methyl/N-ethyl adjacent to an activating group) is 1. The van der Waals surface area contributed by atoms with E-state index in [4.69, 9.17) is 5.73 Å². The molecule has 0 saturated carbocycles. The maximum atomic E-state index is 5.84. The number of nitrogens with two attached hydrogens (primary N) is 1. The summed E-state index contributed by atoms with van der Waals surface area (Å²) in [5.74, 6) is 0.847. The van der Waals surface area contributed by atoms with E-state index in [2.05, 4.69) is 41.1 Å². The average molecular weight is 273 g/mol. The van der Waals surface area contributed by atoms with Crippen LogP contribution in [0.5, 0.6) is 0 Å². The minimum absolute atomic E-state index is 0.592. The van der Waals surface area contributed by atoms with Crippen LogP contribution in [0, 0.1) is 0 Å². The number of nitrogens with zero attached hydrogens (tertiary/aromatic N) is 3. The molecule has 0 fully saturated rings. The van der Waals surface area contributed by atoms with Gasteiger partial charge >= 0.3 is 0 Å². The van der Waals surface area contributed by atoms with E-state index in [1.807, 2.05) is 18.2 Å². The van der Waals surface area contributed by atoms with E-state index in [-0.39, 0.29) is 0 Å². The Morgan fingerprint density at radius 1 is 1.35 bits per heavy atom. The smallest absolute Gasteiger partial charge is 0.137 e. The Hall–Kier alpha value is -1.88. The summed E-state index contributed by atoms with van der Waals surface area (Å²) in [5.41, 5.74) is 7.47. The molecular formula is C15H23N5. The molecule has 2 aromatic rings. The Bertz CT molecular complexity index is 569. The molecule has 0 bridgehead atoms. The molecule has 0 saturated heterocycles. The molecule has 1 heterocycles. The number of aromatic nitrogens is 2. The lowest BCUT2D eigenvalue weighted by Gasteiger charge is -2.23. The Morgan fingerprint density at radius 3 is 2.90 bits per heavy atom. The van der Waals surface area contributed by atoms with Crippen molar-refractivity contribution in [2.75, 3.05) is 31.2 Å². The minimum atomic E-state index is 0.592. The van der Waals surface area contributed by atoms with Crippen molar-refractivity contribution in [3.8, 4) is 0 Å². The van der Waals surface area contributed by atoms with E-state index in [0.29, 0.717) is 6.04 Å². The van der Waals surface area contributed by atoms with E-state index in [1.54, 1.807) is 6.33 Å². The van der Waals surface area contributed by atoms with Crippen LogP contribution < -0.4 is 11.1 Å². The highest BCUT2D eigenvalue weighted by atomic mass is 15.1. The van der Waals surface area contributed by atoms with Crippen molar-refractivity contribution in [3.63, 3.8) is 0 Å². The van der Waals surface area contributed by atoms with Gasteiger partial charge in [0, 0.05) is 30.2 Å². The lowest BCUT2D eigenvalue weighted by atomic mass is 10.2. The molecule has 1 atom stereocenters. The summed E-state index contributed by atoms with van der Waals surface area (Å²) < 4.78 is 0. The Kier molecular flexibility index (Phi) is 4.74. The van der Waals surface area contributed by atoms with Gasteiger partial charge in [-0.15, -0.1) is 0 Å². The van der Waals surface area contributed by atoms with Crippen LogP contribution in [0.15, 0.2) is 24.5 Å². The molecular weight excluding hydrogens is 250 g/mol. The van der Waals surface area contributed by atoms with Gasteiger partial charge in [0.15, 0.2) is 0 Å². The second-order valence-corrected chi connectivity index (χ2v) is 5.16. The van der Waals surface area contributed by atoms with Crippen LogP contribution in [0.1, 0.15) is 20.3 Å². The van der Waals surface area contributed by atoms with Crippen molar-refractivity contribution in [1.82, 2.24) is 14.9 Å². The van der Waals surface area contributed by atoms with Gasteiger partial charge in [0.25, 0.3) is 0 Å². The molecule has 0 amide bonds. The predicted molar refractivity (Wildman–Crippen MR) is 84.8 cm³/mol. The van der Waals surface area contributed by atoms with E-state index >= 15 is 0 Å². The van der Waals surface area contributed by atoms with Gasteiger partial charge in [-0.3, -0.25) is 0 Å². The fraction of sp³-hybridized carbons (Fsp3) is 0.467. The number of fused-ring (bicyclic) bond motifs is 1. The van der Waals surface area contributed by atoms with E-state index in [1.165, 1.54) is 0 Å². The van der Waals surface area contributed by atoms with Crippen LogP contribution in [-0.4, -0.2) is 41.0 Å². The third-order valence-corrected chi connectivity index (χ3v) is 3.76. The highest BCUT2D eigenvalue weighted by molar-refractivity contribution is 5.91. The largest absolute Gasteiger partial charge is 0.399 e. The normalized spacial score (nSPS) is 12.8. The van der Waals surface area contributed by atoms with E-state index in [9.17, 15) is 0 Å². The summed E-state index contributed by atoms with van der Waals surface area (Å²) in [6.07, 6.45) is 2.74. The first-order chi connectivity index (χ1) is 9.61. The average Bonchev–Trinajstić information content (AvgIpc) is 2.46. The van der Waals surface area contributed by atoms with Crippen molar-refractivity contribution in [1.29, 1.82) is 0 Å². The molecule has 3 N–H and O–H groups in total. The zero-order chi connectivity index (χ0) is 14.5. The number of nitrogen functional groups attached to an aromatic ring is 1. The molecule has 5 heteroatoms. The number of rotatable bonds is 6. The molecule has 0 radical (unpaired) electrons. The van der Waals surface area contributed by atoms with Crippen LogP contribution >= 0.6 is 0 Å². The number of nitrogens with one attached hydrogen (secondary N) is 1. The second-order valence-electron chi connectivity index (χ2n) is 5.16. The molecule has 108 valence electrons. The molecule has 1 aromatic carbocycles. The SMILES string of the molecule is CCC(C)N(C)CCNc1ncnc2ccc(N)cc12. The minimum Gasteiger partial charge on any atom is -0.399 e. The van der Waals surface area contributed by atoms with Crippen LogP contribution in [-0.2, 0) is 0 Å². The van der Waals surface area contributed by atoms with Crippen molar-refractivity contribution < 1.29 is 0 Å². The number of hydrogen-bond acceptors (Lipinski definition) is 5. The highest BCUT2D eigenvalue weighted by Gasteiger charge is 2.07. The van der Waals surface area contributed by atoms with Gasteiger partial charge in [-0.25, -0.2) is 9.97 Å². The summed E-state index contributed by atoms with van der Waals surface area (Å²) >= 11 is 0. The zero-order valence-corrected chi connectivity index (χ0v) is 12.4. The molecule has 0 aliphatic carbocycles. The Balaban J connectivity index is 2.05. The third-order valence-electron chi connectivity index (χ3n) is 3.76. The molecule has 20 heavy (non-hydrogen) atoms. The fourth-order valence-electron chi connectivity index (χ4n) is 2.10. The molecule has 0 spiro atoms. The van der Waals surface area contributed by atoms with Gasteiger partial charge in [0.2, 0.25) is 0 Å². The quantitative estimate of drug-likeness (QED) is 0.791. The molecule has 5 nitrogen and oxygen atoms in total. The maximum absolute atomic E-state index is 5.84. The number of benzene rings is 1. The number of anilines is 2. The lowest BCUT2D eigenvalue weighted by molar-refractivity contribution is 0.261. The predicted octanol–water partition coefficient (Wildman–Crippen LogP) is 2.35. The summed E-state index contributed by atoms with van der Waals surface area (Å²) in [7, 11) is 2.14. The van der Waals surface area contributed by atoms with Crippen LogP contribution in [0.25, 0.3) is 10.9 Å². The first-order valence-electron chi connectivity index (χ1n) is 7.06.